The Morgan fingerprint density at radius 1 is 0.821 bits per heavy atom. The molecule has 1 heterocycles. The zero-order valence-electron chi connectivity index (χ0n) is 16.8. The number of hydrogen-bond acceptors (Lipinski definition) is 5. The van der Waals surface area contributed by atoms with Crippen molar-refractivity contribution in [3.05, 3.63) is 46.5 Å². The predicted octanol–water partition coefficient (Wildman–Crippen LogP) is 4.09. The Balaban J connectivity index is 2.02. The second kappa shape index (κ2) is 9.20. The molecule has 5 nitrogen and oxygen atoms in total. The molecule has 0 fully saturated rings. The summed E-state index contributed by atoms with van der Waals surface area (Å²) in [5.74, 6) is 3.42. The second-order valence-electron chi connectivity index (χ2n) is 6.53. The average Bonchev–Trinajstić information content (AvgIpc) is 2.73. The lowest BCUT2D eigenvalue weighted by Crippen LogP contribution is -2.17. The average molecular weight is 404 g/mol. The van der Waals surface area contributed by atoms with Gasteiger partial charge in [0.25, 0.3) is 0 Å². The van der Waals surface area contributed by atoms with Gasteiger partial charge in [0.05, 0.1) is 28.4 Å². The Labute approximate surface area is 171 Å². The van der Waals surface area contributed by atoms with Crippen LogP contribution in [0.2, 0.25) is 0 Å². The third-order valence-corrected chi connectivity index (χ3v) is 5.22. The highest BCUT2D eigenvalue weighted by molar-refractivity contribution is 6.18. The monoisotopic (exact) mass is 403 g/mol. The van der Waals surface area contributed by atoms with Gasteiger partial charge in [0, 0.05) is 30.1 Å². The number of fused-ring (bicyclic) bond motifs is 1. The number of alkyl halides is 1. The first kappa shape index (κ1) is 20.3. The minimum Gasteiger partial charge on any atom is -0.493 e. The van der Waals surface area contributed by atoms with E-state index >= 15 is 0 Å². The van der Waals surface area contributed by atoms with Crippen molar-refractivity contribution in [3.63, 3.8) is 0 Å². The summed E-state index contributed by atoms with van der Waals surface area (Å²) >= 11 is 6.04. The fourth-order valence-corrected chi connectivity index (χ4v) is 3.79. The third kappa shape index (κ3) is 4.04. The van der Waals surface area contributed by atoms with Crippen LogP contribution in [-0.2, 0) is 19.3 Å². The molecule has 0 saturated heterocycles. The quantitative estimate of drug-likeness (QED) is 0.623. The van der Waals surface area contributed by atoms with Crippen molar-refractivity contribution in [1.29, 1.82) is 0 Å². The molecule has 0 atom stereocenters. The maximum Gasteiger partial charge on any atom is 0.161 e. The van der Waals surface area contributed by atoms with Crippen LogP contribution < -0.4 is 18.9 Å². The summed E-state index contributed by atoms with van der Waals surface area (Å²) in [6.45, 7) is 0.760. The number of halogens is 1. The molecule has 0 unspecified atom stereocenters. The fraction of sp³-hybridized carbons (Fsp3) is 0.409. The van der Waals surface area contributed by atoms with E-state index in [0.29, 0.717) is 29.5 Å². The Morgan fingerprint density at radius 2 is 1.39 bits per heavy atom. The van der Waals surface area contributed by atoms with Gasteiger partial charge in [-0.15, -0.1) is 11.6 Å². The van der Waals surface area contributed by atoms with Crippen molar-refractivity contribution in [2.75, 3.05) is 40.9 Å². The molecule has 0 aromatic heterocycles. The van der Waals surface area contributed by atoms with Crippen molar-refractivity contribution in [1.82, 2.24) is 0 Å². The standard InChI is InChI=1S/C22H26ClNO4/c1-25-19-10-14(5-7-23)16(12-21(19)27-3)9-18-17-13-22(28-4)20(26-2)11-15(17)6-8-24-18/h10-13H,5-9H2,1-4H3. The molecule has 6 heteroatoms. The van der Waals surface area contributed by atoms with Crippen molar-refractivity contribution >= 4 is 17.3 Å². The van der Waals surface area contributed by atoms with Crippen LogP contribution >= 0.6 is 11.6 Å². The molecule has 0 bridgehead atoms. The summed E-state index contributed by atoms with van der Waals surface area (Å²) in [4.78, 5) is 4.81. The van der Waals surface area contributed by atoms with Gasteiger partial charge >= 0.3 is 0 Å². The lowest BCUT2D eigenvalue weighted by atomic mass is 9.91. The van der Waals surface area contributed by atoms with Gasteiger partial charge in [0.2, 0.25) is 0 Å². The summed E-state index contributed by atoms with van der Waals surface area (Å²) in [6.07, 6.45) is 2.33. The van der Waals surface area contributed by atoms with Crippen LogP contribution in [0, 0.1) is 0 Å². The SMILES string of the molecule is COc1cc(CCCl)c(CC2=NCCc3cc(OC)c(OC)cc32)cc1OC. The zero-order valence-corrected chi connectivity index (χ0v) is 17.6. The molecule has 28 heavy (non-hydrogen) atoms. The van der Waals surface area contributed by atoms with Gasteiger partial charge in [-0.2, -0.15) is 0 Å². The Kier molecular flexibility index (Phi) is 6.68. The minimum atomic E-state index is 0.538. The highest BCUT2D eigenvalue weighted by Gasteiger charge is 2.20. The van der Waals surface area contributed by atoms with E-state index < -0.39 is 0 Å². The van der Waals surface area contributed by atoms with E-state index in [-0.39, 0.29) is 0 Å². The number of hydrogen-bond donors (Lipinski definition) is 0. The summed E-state index contributed by atoms with van der Waals surface area (Å²) in [7, 11) is 6.59. The molecule has 150 valence electrons. The molecular formula is C22H26ClNO4. The van der Waals surface area contributed by atoms with Crippen LogP contribution in [0.3, 0.4) is 0 Å². The number of aryl methyl sites for hydroxylation is 1. The van der Waals surface area contributed by atoms with Crippen molar-refractivity contribution in [2.45, 2.75) is 19.3 Å². The van der Waals surface area contributed by atoms with E-state index in [0.717, 1.165) is 47.5 Å². The molecule has 0 aliphatic carbocycles. The Morgan fingerprint density at radius 3 is 2.00 bits per heavy atom. The van der Waals surface area contributed by atoms with Gasteiger partial charge in [-0.05, 0) is 53.8 Å². The van der Waals surface area contributed by atoms with Gasteiger partial charge in [0.1, 0.15) is 0 Å². The lowest BCUT2D eigenvalue weighted by Gasteiger charge is -2.21. The molecule has 0 saturated carbocycles. The molecule has 3 rings (SSSR count). The third-order valence-electron chi connectivity index (χ3n) is 5.03. The molecule has 0 amide bonds. The summed E-state index contributed by atoms with van der Waals surface area (Å²) in [5, 5.41) is 0. The molecule has 1 aliphatic heterocycles. The van der Waals surface area contributed by atoms with Crippen LogP contribution in [0.25, 0.3) is 0 Å². The Hall–Kier alpha value is -2.40. The molecule has 0 N–H and O–H groups in total. The van der Waals surface area contributed by atoms with Gasteiger partial charge < -0.3 is 18.9 Å². The van der Waals surface area contributed by atoms with Crippen molar-refractivity contribution < 1.29 is 18.9 Å². The highest BCUT2D eigenvalue weighted by Crippen LogP contribution is 2.35. The highest BCUT2D eigenvalue weighted by atomic mass is 35.5. The number of nitrogens with zero attached hydrogens (tertiary/aromatic N) is 1. The maximum atomic E-state index is 6.04. The number of methoxy groups -OCH3 is 4. The van der Waals surface area contributed by atoms with E-state index in [9.17, 15) is 0 Å². The zero-order chi connectivity index (χ0) is 20.1. The van der Waals surface area contributed by atoms with E-state index in [2.05, 4.69) is 6.07 Å². The normalized spacial score (nSPS) is 12.8. The first-order chi connectivity index (χ1) is 13.6. The van der Waals surface area contributed by atoms with Crippen LogP contribution in [0.15, 0.2) is 29.3 Å². The van der Waals surface area contributed by atoms with E-state index in [4.69, 9.17) is 35.5 Å². The minimum absolute atomic E-state index is 0.538. The molecule has 0 spiro atoms. The topological polar surface area (TPSA) is 49.3 Å². The van der Waals surface area contributed by atoms with Crippen LogP contribution in [0.1, 0.15) is 22.3 Å². The predicted molar refractivity (Wildman–Crippen MR) is 112 cm³/mol. The lowest BCUT2D eigenvalue weighted by molar-refractivity contribution is 0.354. The first-order valence-corrected chi connectivity index (χ1v) is 9.76. The molecule has 2 aromatic carbocycles. The maximum absolute atomic E-state index is 6.04. The molecule has 2 aromatic rings. The fourth-order valence-electron chi connectivity index (χ4n) is 3.59. The summed E-state index contributed by atoms with van der Waals surface area (Å²) in [5.41, 5.74) is 5.64. The number of ether oxygens (including phenoxy) is 4. The molecule has 1 aliphatic rings. The van der Waals surface area contributed by atoms with Crippen molar-refractivity contribution in [2.24, 2.45) is 4.99 Å². The van der Waals surface area contributed by atoms with Crippen LogP contribution in [0.5, 0.6) is 23.0 Å². The first-order valence-electron chi connectivity index (χ1n) is 9.23. The van der Waals surface area contributed by atoms with Gasteiger partial charge in [0.15, 0.2) is 23.0 Å². The van der Waals surface area contributed by atoms with Crippen LogP contribution in [0.4, 0.5) is 0 Å². The largest absolute Gasteiger partial charge is 0.493 e. The van der Waals surface area contributed by atoms with Crippen molar-refractivity contribution in [3.8, 4) is 23.0 Å². The summed E-state index contributed by atoms with van der Waals surface area (Å²) in [6, 6.07) is 8.11. The van der Waals surface area contributed by atoms with Gasteiger partial charge in [-0.25, -0.2) is 0 Å². The Bertz CT molecular complexity index is 879. The second-order valence-corrected chi connectivity index (χ2v) is 6.91. The van der Waals surface area contributed by atoms with Gasteiger partial charge in [-0.3, -0.25) is 4.99 Å². The smallest absolute Gasteiger partial charge is 0.161 e. The van der Waals surface area contributed by atoms with Crippen LogP contribution in [-0.4, -0.2) is 46.6 Å². The van der Waals surface area contributed by atoms with E-state index in [1.165, 1.54) is 5.56 Å². The van der Waals surface area contributed by atoms with E-state index in [1.54, 1.807) is 28.4 Å². The number of benzene rings is 2. The summed E-state index contributed by atoms with van der Waals surface area (Å²) < 4.78 is 21.9. The van der Waals surface area contributed by atoms with Gasteiger partial charge in [-0.1, -0.05) is 0 Å². The molecule has 0 radical (unpaired) electrons. The number of aliphatic imine (C=N–C) groups is 1. The number of rotatable bonds is 8. The molecular weight excluding hydrogens is 378 g/mol. The van der Waals surface area contributed by atoms with E-state index in [1.807, 2.05) is 18.2 Å².